The number of aliphatic carboxylic acids is 1. The third kappa shape index (κ3) is 4.64. The van der Waals surface area contributed by atoms with E-state index in [9.17, 15) is 24.5 Å². The van der Waals surface area contributed by atoms with Gasteiger partial charge in [0.05, 0.1) is 16.5 Å². The molecule has 0 bridgehead atoms. The van der Waals surface area contributed by atoms with E-state index in [-0.39, 0.29) is 18.2 Å². The van der Waals surface area contributed by atoms with Gasteiger partial charge in [-0.25, -0.2) is 4.79 Å². The number of rotatable bonds is 7. The van der Waals surface area contributed by atoms with Gasteiger partial charge in [0.2, 0.25) is 5.91 Å². The van der Waals surface area contributed by atoms with Crippen LogP contribution >= 0.6 is 0 Å². The molecule has 0 saturated carbocycles. The smallest absolute Gasteiger partial charge is 0.326 e. The van der Waals surface area contributed by atoms with E-state index in [1.54, 1.807) is 13.8 Å². The van der Waals surface area contributed by atoms with Crippen LogP contribution in [-0.2, 0) is 16.1 Å². The van der Waals surface area contributed by atoms with Gasteiger partial charge in [-0.2, -0.15) is 0 Å². The van der Waals surface area contributed by atoms with E-state index >= 15 is 0 Å². The summed E-state index contributed by atoms with van der Waals surface area (Å²) in [6.45, 7) is 6.28. The third-order valence-electron chi connectivity index (χ3n) is 3.58. The average molecular weight is 339 g/mol. The van der Waals surface area contributed by atoms with Gasteiger partial charge in [0.25, 0.3) is 11.2 Å². The van der Waals surface area contributed by atoms with Gasteiger partial charge >= 0.3 is 5.97 Å². The summed E-state index contributed by atoms with van der Waals surface area (Å²) in [5.41, 5.74) is -1.89. The molecule has 0 aliphatic rings. The number of hydrogen-bond acceptors (Lipinski definition) is 5. The first-order chi connectivity index (χ1) is 11.0. The highest BCUT2D eigenvalue weighted by atomic mass is 16.6. The molecule has 1 rings (SSSR count). The second-order valence-corrected chi connectivity index (χ2v) is 6.53. The zero-order chi connectivity index (χ0) is 18.7. The summed E-state index contributed by atoms with van der Waals surface area (Å²) in [5.74, 6) is -2.02. The second-order valence-electron chi connectivity index (χ2n) is 6.53. The zero-order valence-corrected chi connectivity index (χ0v) is 14.0. The molecule has 0 aliphatic carbocycles. The molecular weight excluding hydrogens is 318 g/mol. The molecule has 0 spiro atoms. The molecule has 1 atom stereocenters. The molecule has 1 aromatic rings. The molecule has 0 aliphatic heterocycles. The van der Waals surface area contributed by atoms with Crippen LogP contribution in [-0.4, -0.2) is 32.5 Å². The maximum Gasteiger partial charge on any atom is 0.326 e. The summed E-state index contributed by atoms with van der Waals surface area (Å²) < 4.78 is 1.07. The van der Waals surface area contributed by atoms with Crippen molar-refractivity contribution in [2.75, 3.05) is 0 Å². The number of amides is 1. The number of hydrogen-bond donors (Lipinski definition) is 2. The largest absolute Gasteiger partial charge is 0.480 e. The van der Waals surface area contributed by atoms with Crippen molar-refractivity contribution in [1.82, 2.24) is 9.88 Å². The molecule has 2 N–H and O–H groups in total. The van der Waals surface area contributed by atoms with Gasteiger partial charge in [0.15, 0.2) is 0 Å². The number of carboxylic acids is 1. The van der Waals surface area contributed by atoms with E-state index in [1.807, 2.05) is 0 Å². The Hall–Kier alpha value is -2.71. The number of nitrogens with one attached hydrogen (secondary N) is 1. The van der Waals surface area contributed by atoms with Crippen LogP contribution in [0.4, 0.5) is 5.69 Å². The highest BCUT2D eigenvalue weighted by Crippen LogP contribution is 2.20. The molecule has 132 valence electrons. The Balaban J connectivity index is 3.02. The average Bonchev–Trinajstić information content (AvgIpc) is 2.45. The molecule has 0 saturated heterocycles. The zero-order valence-electron chi connectivity index (χ0n) is 14.0. The summed E-state index contributed by atoms with van der Waals surface area (Å²) in [5, 5.41) is 22.4. The van der Waals surface area contributed by atoms with Gasteiger partial charge < -0.3 is 15.0 Å². The molecule has 0 aromatic carbocycles. The molecule has 1 amide bonds. The van der Waals surface area contributed by atoms with Gasteiger partial charge in [0, 0.05) is 18.7 Å². The lowest BCUT2D eigenvalue weighted by atomic mass is 9.90. The van der Waals surface area contributed by atoms with Crippen molar-refractivity contribution in [3.63, 3.8) is 0 Å². The first kappa shape index (κ1) is 19.3. The van der Waals surface area contributed by atoms with Crippen LogP contribution in [0, 0.1) is 21.4 Å². The lowest BCUT2D eigenvalue weighted by Gasteiger charge is -2.27. The Labute approximate surface area is 138 Å². The number of carboxylic acid groups (broad SMARTS) is 1. The fourth-order valence-electron chi connectivity index (χ4n) is 2.10. The van der Waals surface area contributed by atoms with E-state index in [1.165, 1.54) is 13.8 Å². The van der Waals surface area contributed by atoms with Crippen LogP contribution in [0.25, 0.3) is 0 Å². The highest BCUT2D eigenvalue weighted by Gasteiger charge is 2.33. The van der Waals surface area contributed by atoms with Crippen molar-refractivity contribution in [2.45, 2.75) is 40.3 Å². The van der Waals surface area contributed by atoms with Crippen molar-refractivity contribution in [1.29, 1.82) is 0 Å². The molecule has 1 unspecified atom stereocenters. The van der Waals surface area contributed by atoms with Crippen molar-refractivity contribution < 1.29 is 19.6 Å². The second kappa shape index (κ2) is 7.24. The maximum atomic E-state index is 12.4. The van der Waals surface area contributed by atoms with Crippen LogP contribution in [0.3, 0.4) is 0 Å². The Kier molecular flexibility index (Phi) is 5.83. The first-order valence-corrected chi connectivity index (χ1v) is 7.34. The van der Waals surface area contributed by atoms with Gasteiger partial charge in [-0.05, 0) is 19.8 Å². The minimum Gasteiger partial charge on any atom is -0.480 e. The molecule has 9 nitrogen and oxygen atoms in total. The number of nitrogens with zero attached hydrogens (tertiary/aromatic N) is 2. The lowest BCUT2D eigenvalue weighted by Crippen LogP contribution is -2.50. The molecule has 0 radical (unpaired) electrons. The summed E-state index contributed by atoms with van der Waals surface area (Å²) in [7, 11) is 0. The summed E-state index contributed by atoms with van der Waals surface area (Å²) in [6.07, 6.45) is 1.06. The van der Waals surface area contributed by atoms with E-state index in [0.29, 0.717) is 0 Å². The van der Waals surface area contributed by atoms with Gasteiger partial charge in [-0.3, -0.25) is 19.7 Å². The number of carbonyl (C=O) groups excluding carboxylic acids is 1. The molecule has 9 heteroatoms. The number of pyridine rings is 1. The number of carbonyl (C=O) groups is 2. The Morgan fingerprint density at radius 3 is 2.42 bits per heavy atom. The Morgan fingerprint density at radius 2 is 1.96 bits per heavy atom. The third-order valence-corrected chi connectivity index (χ3v) is 3.58. The van der Waals surface area contributed by atoms with Crippen molar-refractivity contribution in [3.8, 4) is 0 Å². The molecule has 0 fully saturated rings. The summed E-state index contributed by atoms with van der Waals surface area (Å²) in [4.78, 5) is 45.6. The quantitative estimate of drug-likeness (QED) is 0.563. The SMILES string of the molecule is CC(C)C(NC(=O)C(C)(C)Cn1cc([N+](=O)[O-])ccc1=O)C(=O)O. The molecular formula is C15H21N3O6. The van der Waals surface area contributed by atoms with Crippen LogP contribution in [0.1, 0.15) is 27.7 Å². The Bertz CT molecular complexity index is 707. The lowest BCUT2D eigenvalue weighted by molar-refractivity contribution is -0.385. The van der Waals surface area contributed by atoms with E-state index in [2.05, 4.69) is 5.32 Å². The fraction of sp³-hybridized carbons (Fsp3) is 0.533. The van der Waals surface area contributed by atoms with E-state index in [4.69, 9.17) is 5.11 Å². The van der Waals surface area contributed by atoms with Crippen LogP contribution in [0.15, 0.2) is 23.1 Å². The fourth-order valence-corrected chi connectivity index (χ4v) is 2.10. The van der Waals surface area contributed by atoms with Crippen LogP contribution < -0.4 is 10.9 Å². The number of aromatic nitrogens is 1. The standard InChI is InChI=1S/C15H21N3O6/c1-9(2)12(13(20)21)16-14(22)15(3,4)8-17-7-10(18(23)24)5-6-11(17)19/h5-7,9,12H,8H2,1-4H3,(H,16,22)(H,20,21). The minimum absolute atomic E-state index is 0.121. The topological polar surface area (TPSA) is 132 Å². The highest BCUT2D eigenvalue weighted by molar-refractivity contribution is 5.87. The Morgan fingerprint density at radius 1 is 1.38 bits per heavy atom. The van der Waals surface area contributed by atoms with E-state index < -0.39 is 33.8 Å². The van der Waals surface area contributed by atoms with Crippen molar-refractivity contribution >= 4 is 17.6 Å². The summed E-state index contributed by atoms with van der Waals surface area (Å²) in [6, 6.07) is 1.09. The molecule has 1 aromatic heterocycles. The van der Waals surface area contributed by atoms with Gasteiger partial charge in [-0.1, -0.05) is 13.8 Å². The van der Waals surface area contributed by atoms with Crippen molar-refractivity contribution in [3.05, 3.63) is 38.8 Å². The normalized spacial score (nSPS) is 12.7. The molecule has 24 heavy (non-hydrogen) atoms. The van der Waals surface area contributed by atoms with Crippen LogP contribution in [0.5, 0.6) is 0 Å². The monoisotopic (exact) mass is 339 g/mol. The van der Waals surface area contributed by atoms with Gasteiger partial charge in [0.1, 0.15) is 6.04 Å². The summed E-state index contributed by atoms with van der Waals surface area (Å²) >= 11 is 0. The first-order valence-electron chi connectivity index (χ1n) is 7.34. The maximum absolute atomic E-state index is 12.4. The van der Waals surface area contributed by atoms with Crippen LogP contribution in [0.2, 0.25) is 0 Å². The van der Waals surface area contributed by atoms with Gasteiger partial charge in [-0.15, -0.1) is 0 Å². The molecule has 1 heterocycles. The van der Waals surface area contributed by atoms with Crippen molar-refractivity contribution in [2.24, 2.45) is 11.3 Å². The minimum atomic E-state index is -1.15. The number of nitro groups is 1. The predicted octanol–water partition coefficient (Wildman–Crippen LogP) is 1.01. The predicted molar refractivity (Wildman–Crippen MR) is 85.5 cm³/mol. The van der Waals surface area contributed by atoms with E-state index in [0.717, 1.165) is 22.9 Å².